The maximum absolute atomic E-state index is 4.86. The summed E-state index contributed by atoms with van der Waals surface area (Å²) < 4.78 is 4.86. The molecule has 2 heterocycles. The largest absolute Gasteiger partial charge is 0.364 e. The molecule has 2 rings (SSSR count). The zero-order valence-corrected chi connectivity index (χ0v) is 16.1. The Balaban J connectivity index is 0.00000242. The minimum Gasteiger partial charge on any atom is -0.364 e. The zero-order chi connectivity index (χ0) is 15.1. The Hall–Kier alpha value is -0.830. The van der Waals surface area contributed by atoms with Gasteiger partial charge >= 0.3 is 0 Å². The van der Waals surface area contributed by atoms with Gasteiger partial charge < -0.3 is 14.7 Å². The predicted octanol–water partition coefficient (Wildman–Crippen LogP) is 2.17. The summed E-state index contributed by atoms with van der Waals surface area (Å²) in [5, 5.41) is 7.35. The monoisotopic (exact) mass is 421 g/mol. The fourth-order valence-electron chi connectivity index (χ4n) is 2.82. The Kier molecular flexibility index (Phi) is 8.77. The topological polar surface area (TPSA) is 56.9 Å². The first-order valence-electron chi connectivity index (χ1n) is 7.76. The van der Waals surface area contributed by atoms with Gasteiger partial charge in [-0.1, -0.05) is 11.6 Å². The first kappa shape index (κ1) is 19.2. The molecule has 6 nitrogen and oxygen atoms in total. The summed E-state index contributed by atoms with van der Waals surface area (Å²) in [5.41, 5.74) is 0.908. The van der Waals surface area contributed by atoms with Crippen molar-refractivity contribution < 1.29 is 4.52 Å². The minimum atomic E-state index is 0. The molecule has 1 N–H and O–H groups in total. The Bertz CT molecular complexity index is 437. The number of likely N-dealkylation sites (tertiary alicyclic amines) is 1. The van der Waals surface area contributed by atoms with Crippen LogP contribution in [0.1, 0.15) is 31.9 Å². The van der Waals surface area contributed by atoms with E-state index in [0.717, 1.165) is 24.7 Å². The molecule has 0 radical (unpaired) electrons. The van der Waals surface area contributed by atoms with Gasteiger partial charge in [0.15, 0.2) is 5.96 Å². The number of nitrogens with zero attached hydrogens (tertiary/aromatic N) is 4. The van der Waals surface area contributed by atoms with Crippen LogP contribution in [0.4, 0.5) is 0 Å². The first-order chi connectivity index (χ1) is 10.2. The third-order valence-electron chi connectivity index (χ3n) is 4.09. The summed E-state index contributed by atoms with van der Waals surface area (Å²) in [6.07, 6.45) is 5.61. The molecule has 1 aromatic rings. The van der Waals surface area contributed by atoms with Gasteiger partial charge in [-0.3, -0.25) is 9.89 Å². The van der Waals surface area contributed by atoms with Crippen molar-refractivity contribution in [2.45, 2.75) is 38.8 Å². The molecule has 1 atom stereocenters. The van der Waals surface area contributed by atoms with Gasteiger partial charge in [-0.05, 0) is 26.3 Å². The van der Waals surface area contributed by atoms with E-state index in [9.17, 15) is 0 Å². The number of aromatic nitrogens is 1. The highest BCUT2D eigenvalue weighted by atomic mass is 127. The molecule has 0 saturated carbocycles. The molecule has 0 aromatic carbocycles. The van der Waals surface area contributed by atoms with E-state index in [1.54, 1.807) is 6.26 Å². The molecule has 1 saturated heterocycles. The normalized spacial score (nSPS) is 19.6. The van der Waals surface area contributed by atoms with Crippen molar-refractivity contribution in [3.8, 4) is 0 Å². The number of nitrogens with one attached hydrogen (secondary N) is 1. The van der Waals surface area contributed by atoms with Crippen molar-refractivity contribution in [3.63, 3.8) is 0 Å². The maximum atomic E-state index is 4.86. The molecule has 0 spiro atoms. The quantitative estimate of drug-likeness (QED) is 0.449. The van der Waals surface area contributed by atoms with Gasteiger partial charge in [0.25, 0.3) is 0 Å². The zero-order valence-electron chi connectivity index (χ0n) is 13.8. The first-order valence-corrected chi connectivity index (χ1v) is 7.76. The molecule has 0 bridgehead atoms. The van der Waals surface area contributed by atoms with Crippen molar-refractivity contribution in [2.24, 2.45) is 4.99 Å². The highest BCUT2D eigenvalue weighted by Crippen LogP contribution is 2.15. The summed E-state index contributed by atoms with van der Waals surface area (Å²) >= 11 is 0. The fraction of sp³-hybridized carbons (Fsp3) is 0.733. The molecule has 126 valence electrons. The predicted molar refractivity (Wildman–Crippen MR) is 99.6 cm³/mol. The lowest BCUT2D eigenvalue weighted by Crippen LogP contribution is -2.45. The summed E-state index contributed by atoms with van der Waals surface area (Å²) in [4.78, 5) is 8.93. The Morgan fingerprint density at radius 1 is 1.55 bits per heavy atom. The van der Waals surface area contributed by atoms with Crippen LogP contribution in [0.2, 0.25) is 0 Å². The second-order valence-corrected chi connectivity index (χ2v) is 5.70. The third-order valence-corrected chi connectivity index (χ3v) is 4.09. The summed E-state index contributed by atoms with van der Waals surface area (Å²) in [5.74, 6) is 0.891. The van der Waals surface area contributed by atoms with E-state index >= 15 is 0 Å². The van der Waals surface area contributed by atoms with Crippen LogP contribution in [0.3, 0.4) is 0 Å². The molecule has 1 unspecified atom stereocenters. The van der Waals surface area contributed by atoms with E-state index < -0.39 is 0 Å². The Labute approximate surface area is 150 Å². The molecular weight excluding hydrogens is 393 g/mol. The summed E-state index contributed by atoms with van der Waals surface area (Å²) in [7, 11) is 3.82. The summed E-state index contributed by atoms with van der Waals surface area (Å²) in [6, 6.07) is 2.58. The lowest BCUT2D eigenvalue weighted by molar-refractivity contribution is 0.163. The summed E-state index contributed by atoms with van der Waals surface area (Å²) in [6.45, 7) is 6.22. The van der Waals surface area contributed by atoms with Crippen molar-refractivity contribution in [2.75, 3.05) is 33.7 Å². The molecular formula is C15H28IN5O. The number of hydrogen-bond donors (Lipinski definition) is 1. The van der Waals surface area contributed by atoms with E-state index in [1.165, 1.54) is 25.8 Å². The number of aliphatic imine (C=N–C) groups is 1. The van der Waals surface area contributed by atoms with Crippen LogP contribution in [-0.2, 0) is 6.54 Å². The number of hydrogen-bond acceptors (Lipinski definition) is 4. The van der Waals surface area contributed by atoms with Gasteiger partial charge in [0.2, 0.25) is 0 Å². The van der Waals surface area contributed by atoms with Crippen LogP contribution in [0.15, 0.2) is 21.8 Å². The standard InChI is InChI=1S/C15H27N5O.HI/c1-13-6-4-5-9-20(13)10-8-17-15(16-2)19(3)12-14-7-11-21-18-14;/h7,11,13H,4-6,8-10,12H2,1-3H3,(H,16,17);1H. The minimum absolute atomic E-state index is 0. The lowest BCUT2D eigenvalue weighted by Gasteiger charge is -2.33. The molecule has 1 aliphatic rings. The number of halogens is 1. The van der Waals surface area contributed by atoms with Crippen LogP contribution < -0.4 is 5.32 Å². The smallest absolute Gasteiger partial charge is 0.193 e. The molecule has 22 heavy (non-hydrogen) atoms. The highest BCUT2D eigenvalue weighted by Gasteiger charge is 2.17. The number of piperidine rings is 1. The van der Waals surface area contributed by atoms with Gasteiger partial charge in [0.1, 0.15) is 12.0 Å². The molecule has 0 amide bonds. The maximum Gasteiger partial charge on any atom is 0.193 e. The average Bonchev–Trinajstić information content (AvgIpc) is 2.98. The average molecular weight is 421 g/mol. The van der Waals surface area contributed by atoms with E-state index in [-0.39, 0.29) is 24.0 Å². The van der Waals surface area contributed by atoms with Crippen LogP contribution in [0.5, 0.6) is 0 Å². The van der Waals surface area contributed by atoms with Crippen LogP contribution in [0, 0.1) is 0 Å². The van der Waals surface area contributed by atoms with E-state index in [1.807, 2.05) is 20.2 Å². The van der Waals surface area contributed by atoms with Crippen molar-refractivity contribution in [1.82, 2.24) is 20.3 Å². The Morgan fingerprint density at radius 2 is 2.36 bits per heavy atom. The second-order valence-electron chi connectivity index (χ2n) is 5.70. The van der Waals surface area contributed by atoms with Crippen LogP contribution >= 0.6 is 24.0 Å². The molecule has 1 aliphatic heterocycles. The molecule has 7 heteroatoms. The highest BCUT2D eigenvalue weighted by molar-refractivity contribution is 14.0. The van der Waals surface area contributed by atoms with E-state index in [2.05, 4.69) is 32.2 Å². The second kappa shape index (κ2) is 10.0. The van der Waals surface area contributed by atoms with E-state index in [4.69, 9.17) is 4.52 Å². The van der Waals surface area contributed by atoms with Crippen LogP contribution in [-0.4, -0.2) is 60.7 Å². The molecule has 1 aromatic heterocycles. The SMILES string of the molecule is CN=C(NCCN1CCCCC1C)N(C)Cc1ccon1.I. The van der Waals surface area contributed by atoms with Crippen molar-refractivity contribution in [3.05, 3.63) is 18.0 Å². The van der Waals surface area contributed by atoms with Gasteiger partial charge in [-0.15, -0.1) is 24.0 Å². The van der Waals surface area contributed by atoms with Crippen LogP contribution in [0.25, 0.3) is 0 Å². The van der Waals surface area contributed by atoms with Crippen molar-refractivity contribution in [1.29, 1.82) is 0 Å². The number of guanidine groups is 1. The van der Waals surface area contributed by atoms with Gasteiger partial charge in [0, 0.05) is 39.3 Å². The lowest BCUT2D eigenvalue weighted by atomic mass is 10.0. The van der Waals surface area contributed by atoms with Gasteiger partial charge in [-0.2, -0.15) is 0 Å². The Morgan fingerprint density at radius 3 is 3.00 bits per heavy atom. The fourth-order valence-corrected chi connectivity index (χ4v) is 2.82. The van der Waals surface area contributed by atoms with Crippen molar-refractivity contribution >= 4 is 29.9 Å². The molecule has 1 fully saturated rings. The number of rotatable bonds is 5. The molecule has 0 aliphatic carbocycles. The van der Waals surface area contributed by atoms with Gasteiger partial charge in [-0.25, -0.2) is 0 Å². The third kappa shape index (κ3) is 5.75. The van der Waals surface area contributed by atoms with E-state index in [0.29, 0.717) is 12.6 Å². The van der Waals surface area contributed by atoms with Gasteiger partial charge in [0.05, 0.1) is 6.54 Å².